The minimum Gasteiger partial charge on any atom is -0.460 e. The van der Waals surface area contributed by atoms with E-state index in [1.165, 1.54) is 0 Å². The van der Waals surface area contributed by atoms with Crippen LogP contribution in [0, 0.1) is 0 Å². The molecule has 0 aromatic carbocycles. The van der Waals surface area contributed by atoms with Crippen LogP contribution in [0.25, 0.3) is 0 Å². The van der Waals surface area contributed by atoms with Crippen LogP contribution in [0.3, 0.4) is 0 Å². The van der Waals surface area contributed by atoms with Gasteiger partial charge >= 0.3 is 5.97 Å². The van der Waals surface area contributed by atoms with Crippen LogP contribution >= 0.6 is 0 Å². The summed E-state index contributed by atoms with van der Waals surface area (Å²) >= 11 is 0. The fraction of sp³-hybridized carbons (Fsp3) is 0.857. The highest BCUT2D eigenvalue weighted by Crippen LogP contribution is 2.18. The highest BCUT2D eigenvalue weighted by Gasteiger charge is 2.32. The maximum absolute atomic E-state index is 11.9. The van der Waals surface area contributed by atoms with Gasteiger partial charge in [-0.15, -0.1) is 0 Å². The Morgan fingerprint density at radius 1 is 1.50 bits per heavy atom. The molecule has 0 bridgehead atoms. The molecule has 0 aromatic heterocycles. The highest BCUT2D eigenvalue weighted by molar-refractivity contribution is 5.82. The molecule has 2 aliphatic heterocycles. The molecular weight excluding hydrogens is 260 g/mol. The van der Waals surface area contributed by atoms with Crippen LogP contribution in [-0.2, 0) is 14.3 Å². The number of aliphatic hydroxyl groups is 1. The number of ether oxygens (including phenoxy) is 1. The molecule has 0 unspecified atom stereocenters. The predicted molar refractivity (Wildman–Crippen MR) is 77.2 cm³/mol. The fourth-order valence-electron chi connectivity index (χ4n) is 2.49. The molecule has 0 spiro atoms. The van der Waals surface area contributed by atoms with Gasteiger partial charge < -0.3 is 20.5 Å². The largest absolute Gasteiger partial charge is 0.460 e. The number of aliphatic hydroxyl groups excluding tert-OH is 1. The molecule has 3 N–H and O–H groups in total. The van der Waals surface area contributed by atoms with E-state index in [1.54, 1.807) is 6.92 Å². The lowest BCUT2D eigenvalue weighted by Crippen LogP contribution is -2.52. The SMILES string of the molecule is CCO.CC[C@@H]1OC(=O)CC[C@@H]1NC(=O)[C@@H]1CCCN1.[HH]. The van der Waals surface area contributed by atoms with Crippen LogP contribution in [0.1, 0.15) is 47.4 Å². The quantitative estimate of drug-likeness (QED) is 0.661. The van der Waals surface area contributed by atoms with Gasteiger partial charge in [0.1, 0.15) is 6.10 Å². The number of hydrogen-bond acceptors (Lipinski definition) is 5. The van der Waals surface area contributed by atoms with Crippen molar-refractivity contribution in [1.82, 2.24) is 10.6 Å². The zero-order valence-electron chi connectivity index (χ0n) is 12.4. The molecule has 6 nitrogen and oxygen atoms in total. The number of rotatable bonds is 3. The van der Waals surface area contributed by atoms with Gasteiger partial charge in [-0.1, -0.05) is 6.92 Å². The van der Waals surface area contributed by atoms with Gasteiger partial charge in [-0.25, -0.2) is 0 Å². The molecule has 2 aliphatic rings. The normalized spacial score (nSPS) is 29.1. The summed E-state index contributed by atoms with van der Waals surface area (Å²) in [6.45, 7) is 4.81. The Hall–Kier alpha value is -1.14. The second-order valence-electron chi connectivity index (χ2n) is 5.06. The molecule has 2 rings (SSSR count). The van der Waals surface area contributed by atoms with Crippen LogP contribution in [0.4, 0.5) is 0 Å². The van der Waals surface area contributed by atoms with Crippen molar-refractivity contribution in [3.63, 3.8) is 0 Å². The number of esters is 1. The molecule has 0 radical (unpaired) electrons. The van der Waals surface area contributed by atoms with Crippen LogP contribution < -0.4 is 10.6 Å². The Morgan fingerprint density at radius 2 is 2.20 bits per heavy atom. The molecule has 2 saturated heterocycles. The zero-order chi connectivity index (χ0) is 15.0. The van der Waals surface area contributed by atoms with Gasteiger partial charge in [0, 0.05) is 14.5 Å². The maximum atomic E-state index is 11.9. The first-order valence-corrected chi connectivity index (χ1v) is 7.46. The predicted octanol–water partition coefficient (Wildman–Crippen LogP) is 0.583. The first-order chi connectivity index (χ1) is 9.62. The summed E-state index contributed by atoms with van der Waals surface area (Å²) in [5, 5.41) is 13.7. The van der Waals surface area contributed by atoms with E-state index in [2.05, 4.69) is 10.6 Å². The van der Waals surface area contributed by atoms with Crippen molar-refractivity contribution in [3.8, 4) is 0 Å². The Kier molecular flexibility index (Phi) is 7.54. The van der Waals surface area contributed by atoms with Crippen molar-refractivity contribution < 1.29 is 20.9 Å². The summed E-state index contributed by atoms with van der Waals surface area (Å²) in [5.74, 6) is -0.106. The molecule has 2 fully saturated rings. The molecule has 3 atom stereocenters. The Labute approximate surface area is 121 Å². The summed E-state index contributed by atoms with van der Waals surface area (Å²) < 4.78 is 5.24. The molecule has 6 heteroatoms. The van der Waals surface area contributed by atoms with Crippen LogP contribution in [0.5, 0.6) is 0 Å². The third-order valence-corrected chi connectivity index (χ3v) is 3.50. The highest BCUT2D eigenvalue weighted by atomic mass is 16.5. The standard InChI is InChI=1S/C12H20N2O3.C2H6O.H2/c1-2-10-8(5-6-11(15)17-10)14-12(16)9-4-3-7-13-9;1-2-3;/h8-10,13H,2-7H2,1H3,(H,14,16);3H,2H2,1H3;1H/t8-,9-,10-;;/m0../s1. The Balaban J connectivity index is 0.000000922. The number of amides is 1. The fourth-order valence-corrected chi connectivity index (χ4v) is 2.49. The summed E-state index contributed by atoms with van der Waals surface area (Å²) in [4.78, 5) is 23.1. The number of carbonyl (C=O) groups excluding carboxylic acids is 2. The van der Waals surface area contributed by atoms with Gasteiger partial charge in [0.05, 0.1) is 12.1 Å². The monoisotopic (exact) mass is 288 g/mol. The molecule has 0 aromatic rings. The number of carbonyl (C=O) groups is 2. The van der Waals surface area contributed by atoms with Crippen LogP contribution in [0.15, 0.2) is 0 Å². The summed E-state index contributed by atoms with van der Waals surface area (Å²) in [7, 11) is 0. The van der Waals surface area contributed by atoms with Crippen molar-refractivity contribution in [3.05, 3.63) is 0 Å². The Morgan fingerprint density at radius 3 is 2.75 bits per heavy atom. The van der Waals surface area contributed by atoms with E-state index in [-0.39, 0.29) is 38.1 Å². The van der Waals surface area contributed by atoms with E-state index >= 15 is 0 Å². The number of cyclic esters (lactones) is 1. The topological polar surface area (TPSA) is 87.7 Å². The molecule has 118 valence electrons. The molecule has 1 amide bonds. The van der Waals surface area contributed by atoms with E-state index < -0.39 is 0 Å². The Bertz CT molecular complexity index is 322. The van der Waals surface area contributed by atoms with Crippen molar-refractivity contribution in [1.29, 1.82) is 0 Å². The zero-order valence-corrected chi connectivity index (χ0v) is 12.4. The lowest BCUT2D eigenvalue weighted by atomic mass is 9.99. The molecule has 20 heavy (non-hydrogen) atoms. The van der Waals surface area contributed by atoms with Gasteiger partial charge in [0.15, 0.2) is 0 Å². The van der Waals surface area contributed by atoms with Gasteiger partial charge in [-0.05, 0) is 39.2 Å². The van der Waals surface area contributed by atoms with Crippen LogP contribution in [0.2, 0.25) is 0 Å². The van der Waals surface area contributed by atoms with E-state index in [0.29, 0.717) is 12.8 Å². The van der Waals surface area contributed by atoms with Gasteiger partial charge in [0.25, 0.3) is 0 Å². The van der Waals surface area contributed by atoms with Crippen molar-refractivity contribution >= 4 is 11.9 Å². The second-order valence-corrected chi connectivity index (χ2v) is 5.06. The maximum Gasteiger partial charge on any atom is 0.306 e. The number of hydrogen-bond donors (Lipinski definition) is 3. The van der Waals surface area contributed by atoms with Crippen LogP contribution in [-0.4, -0.2) is 48.3 Å². The minimum atomic E-state index is -0.165. The van der Waals surface area contributed by atoms with E-state index in [1.807, 2.05) is 6.92 Å². The van der Waals surface area contributed by atoms with Crippen molar-refractivity contribution in [2.24, 2.45) is 0 Å². The summed E-state index contributed by atoms with van der Waals surface area (Å²) in [5.41, 5.74) is 0. The minimum absolute atomic E-state index is 0. The summed E-state index contributed by atoms with van der Waals surface area (Å²) in [6, 6.07) is -0.0854. The first-order valence-electron chi connectivity index (χ1n) is 7.46. The molecule has 2 heterocycles. The molecule has 0 saturated carbocycles. The van der Waals surface area contributed by atoms with Gasteiger partial charge in [-0.3, -0.25) is 9.59 Å². The third-order valence-electron chi connectivity index (χ3n) is 3.50. The summed E-state index contributed by atoms with van der Waals surface area (Å²) in [6.07, 6.45) is 3.62. The van der Waals surface area contributed by atoms with E-state index in [4.69, 9.17) is 9.84 Å². The van der Waals surface area contributed by atoms with Crippen molar-refractivity contribution in [2.75, 3.05) is 13.2 Å². The average molecular weight is 288 g/mol. The lowest BCUT2D eigenvalue weighted by Gasteiger charge is -2.31. The average Bonchev–Trinajstić information content (AvgIpc) is 2.95. The van der Waals surface area contributed by atoms with Gasteiger partial charge in [0.2, 0.25) is 5.91 Å². The van der Waals surface area contributed by atoms with E-state index in [9.17, 15) is 9.59 Å². The van der Waals surface area contributed by atoms with Gasteiger partial charge in [-0.2, -0.15) is 0 Å². The smallest absolute Gasteiger partial charge is 0.306 e. The number of nitrogens with one attached hydrogen (secondary N) is 2. The lowest BCUT2D eigenvalue weighted by molar-refractivity contribution is -0.157. The molecular formula is C14H28N2O4. The third kappa shape index (κ3) is 5.09. The first kappa shape index (κ1) is 16.9. The second kappa shape index (κ2) is 8.92. The van der Waals surface area contributed by atoms with Crippen molar-refractivity contribution in [2.45, 2.75) is 64.1 Å². The van der Waals surface area contributed by atoms with E-state index in [0.717, 1.165) is 25.8 Å². The molecule has 0 aliphatic carbocycles.